The number of rotatable bonds is 3. The average molecular weight is 307 g/mol. The highest BCUT2D eigenvalue weighted by molar-refractivity contribution is 5.95. The summed E-state index contributed by atoms with van der Waals surface area (Å²) in [4.78, 5) is 27.2. The van der Waals surface area contributed by atoms with Gasteiger partial charge in [-0.05, 0) is 38.0 Å². The number of likely N-dealkylation sites (tertiary alicyclic amines) is 1. The predicted octanol–water partition coefficient (Wildman–Crippen LogP) is 1.62. The Morgan fingerprint density at radius 3 is 2.55 bits per heavy atom. The molecule has 5 nitrogen and oxygen atoms in total. The smallest absolute Gasteiger partial charge is 0.254 e. The van der Waals surface area contributed by atoms with Gasteiger partial charge in [0.2, 0.25) is 5.91 Å². The summed E-state index contributed by atoms with van der Waals surface area (Å²) >= 11 is 0. The van der Waals surface area contributed by atoms with Crippen LogP contribution in [0.3, 0.4) is 0 Å². The molecule has 0 aliphatic carbocycles. The molecule has 0 bridgehead atoms. The Balaban J connectivity index is 2.23. The van der Waals surface area contributed by atoms with Gasteiger partial charge in [-0.2, -0.15) is 0 Å². The average Bonchev–Trinajstić information content (AvgIpc) is 2.46. The first kappa shape index (κ1) is 16.3. The van der Waals surface area contributed by atoms with Crippen molar-refractivity contribution in [3.8, 4) is 0 Å². The molecular weight excluding hydrogens is 285 g/mol. The lowest BCUT2D eigenvalue weighted by Crippen LogP contribution is -2.48. The van der Waals surface area contributed by atoms with Crippen LogP contribution in [0.2, 0.25) is 0 Å². The molecule has 2 amide bonds. The molecule has 2 atom stereocenters. The summed E-state index contributed by atoms with van der Waals surface area (Å²) in [7, 11) is 3.48. The van der Waals surface area contributed by atoms with Gasteiger partial charge in [0.1, 0.15) is 5.82 Å². The van der Waals surface area contributed by atoms with E-state index in [4.69, 9.17) is 5.73 Å². The van der Waals surface area contributed by atoms with Crippen molar-refractivity contribution in [1.82, 2.24) is 4.90 Å². The fourth-order valence-corrected chi connectivity index (χ4v) is 2.79. The maximum absolute atomic E-state index is 14.0. The normalized spacial score (nSPS) is 21.5. The summed E-state index contributed by atoms with van der Waals surface area (Å²) in [5.41, 5.74) is 6.07. The van der Waals surface area contributed by atoms with Crippen molar-refractivity contribution in [1.29, 1.82) is 0 Å². The number of nitrogens with zero attached hydrogens (tertiary/aromatic N) is 2. The maximum Gasteiger partial charge on any atom is 0.254 e. The highest BCUT2D eigenvalue weighted by Crippen LogP contribution is 2.25. The fraction of sp³-hybridized carbons (Fsp3) is 0.500. The van der Waals surface area contributed by atoms with Gasteiger partial charge in [0.15, 0.2) is 0 Å². The predicted molar refractivity (Wildman–Crippen MR) is 83.1 cm³/mol. The highest BCUT2D eigenvalue weighted by atomic mass is 19.1. The Hall–Kier alpha value is -2.11. The molecule has 1 aliphatic heterocycles. The molecular formula is C16H22FN3O2. The zero-order chi connectivity index (χ0) is 16.4. The van der Waals surface area contributed by atoms with E-state index < -0.39 is 5.82 Å². The van der Waals surface area contributed by atoms with E-state index in [2.05, 4.69) is 0 Å². The van der Waals surface area contributed by atoms with Crippen molar-refractivity contribution in [2.75, 3.05) is 25.5 Å². The number of hydrogen-bond donors (Lipinski definition) is 1. The van der Waals surface area contributed by atoms with E-state index in [0.29, 0.717) is 24.2 Å². The lowest BCUT2D eigenvalue weighted by atomic mass is 9.92. The van der Waals surface area contributed by atoms with E-state index in [9.17, 15) is 14.0 Å². The van der Waals surface area contributed by atoms with Crippen LogP contribution in [0.15, 0.2) is 18.2 Å². The van der Waals surface area contributed by atoms with Crippen LogP contribution in [0.1, 0.15) is 30.1 Å². The molecule has 2 rings (SSSR count). The summed E-state index contributed by atoms with van der Waals surface area (Å²) < 4.78 is 14.0. The Labute approximate surface area is 129 Å². The maximum atomic E-state index is 14.0. The largest absolute Gasteiger partial charge is 0.375 e. The summed E-state index contributed by atoms with van der Waals surface area (Å²) in [6.07, 6.45) is 1.41. The number of amides is 2. The lowest BCUT2D eigenvalue weighted by molar-refractivity contribution is -0.123. The summed E-state index contributed by atoms with van der Waals surface area (Å²) in [6, 6.07) is 4.46. The van der Waals surface area contributed by atoms with E-state index in [0.717, 1.165) is 6.42 Å². The zero-order valence-electron chi connectivity index (χ0n) is 13.2. The van der Waals surface area contributed by atoms with Gasteiger partial charge >= 0.3 is 0 Å². The molecule has 1 aliphatic rings. The van der Waals surface area contributed by atoms with Crippen LogP contribution in [-0.4, -0.2) is 43.4 Å². The minimum Gasteiger partial charge on any atom is -0.375 e. The Bertz CT molecular complexity index is 589. The number of anilines is 1. The number of hydrogen-bond acceptors (Lipinski definition) is 3. The Kier molecular flexibility index (Phi) is 4.68. The Morgan fingerprint density at radius 2 is 2.00 bits per heavy atom. The third-order valence-corrected chi connectivity index (χ3v) is 4.22. The van der Waals surface area contributed by atoms with Gasteiger partial charge < -0.3 is 15.5 Å². The van der Waals surface area contributed by atoms with Gasteiger partial charge in [-0.15, -0.1) is 0 Å². The van der Waals surface area contributed by atoms with Gasteiger partial charge in [-0.3, -0.25) is 9.59 Å². The van der Waals surface area contributed by atoms with Crippen molar-refractivity contribution < 1.29 is 14.0 Å². The molecule has 0 aromatic heterocycles. The second kappa shape index (κ2) is 6.34. The SMILES string of the molecule is C[C@@H]1CC[C@@H](C(N)=O)CN1C(=O)c1ccc(N(C)C)c(F)c1. The molecule has 0 spiro atoms. The van der Waals surface area contributed by atoms with Crippen LogP contribution in [0.4, 0.5) is 10.1 Å². The molecule has 6 heteroatoms. The number of benzene rings is 1. The Morgan fingerprint density at radius 1 is 1.32 bits per heavy atom. The van der Waals surface area contributed by atoms with E-state index in [1.54, 1.807) is 36.0 Å². The van der Waals surface area contributed by atoms with Crippen molar-refractivity contribution in [3.63, 3.8) is 0 Å². The molecule has 1 aromatic rings. The van der Waals surface area contributed by atoms with Gasteiger partial charge in [-0.25, -0.2) is 4.39 Å². The molecule has 0 saturated carbocycles. The topological polar surface area (TPSA) is 66.6 Å². The molecule has 1 heterocycles. The van der Waals surface area contributed by atoms with Gasteiger partial charge in [-0.1, -0.05) is 0 Å². The van der Waals surface area contributed by atoms with Crippen molar-refractivity contribution >= 4 is 17.5 Å². The van der Waals surface area contributed by atoms with Crippen LogP contribution >= 0.6 is 0 Å². The number of carbonyl (C=O) groups is 2. The second-order valence-electron chi connectivity index (χ2n) is 6.04. The summed E-state index contributed by atoms with van der Waals surface area (Å²) in [5, 5.41) is 0. The van der Waals surface area contributed by atoms with Gasteiger partial charge in [0, 0.05) is 32.2 Å². The first-order chi connectivity index (χ1) is 10.3. The lowest BCUT2D eigenvalue weighted by Gasteiger charge is -2.37. The minimum absolute atomic E-state index is 0.0136. The van der Waals surface area contributed by atoms with Gasteiger partial charge in [0.05, 0.1) is 11.6 Å². The monoisotopic (exact) mass is 307 g/mol. The van der Waals surface area contributed by atoms with E-state index in [1.807, 2.05) is 6.92 Å². The fourth-order valence-electron chi connectivity index (χ4n) is 2.79. The second-order valence-corrected chi connectivity index (χ2v) is 6.04. The number of nitrogens with two attached hydrogens (primary N) is 1. The molecule has 2 N–H and O–H groups in total. The highest BCUT2D eigenvalue weighted by Gasteiger charge is 2.32. The molecule has 22 heavy (non-hydrogen) atoms. The van der Waals surface area contributed by atoms with Crippen LogP contribution in [-0.2, 0) is 4.79 Å². The first-order valence-electron chi connectivity index (χ1n) is 7.38. The van der Waals surface area contributed by atoms with Crippen LogP contribution < -0.4 is 10.6 Å². The molecule has 0 radical (unpaired) electrons. The van der Waals surface area contributed by atoms with Crippen LogP contribution in [0.5, 0.6) is 0 Å². The number of carbonyl (C=O) groups excluding carboxylic acids is 2. The summed E-state index contributed by atoms with van der Waals surface area (Å²) in [5.74, 6) is -1.42. The molecule has 1 aromatic carbocycles. The van der Waals surface area contributed by atoms with E-state index in [1.165, 1.54) is 6.07 Å². The third kappa shape index (κ3) is 3.21. The standard InChI is InChI=1S/C16H22FN3O2/c1-10-4-5-12(15(18)21)9-20(10)16(22)11-6-7-14(19(2)3)13(17)8-11/h6-8,10,12H,4-5,9H2,1-3H3,(H2,18,21)/t10-,12-/m1/s1. The molecule has 1 saturated heterocycles. The van der Waals surface area contributed by atoms with Crippen LogP contribution in [0.25, 0.3) is 0 Å². The minimum atomic E-state index is -0.438. The molecule has 0 unspecified atom stereocenters. The number of piperidine rings is 1. The first-order valence-corrected chi connectivity index (χ1v) is 7.38. The number of halogens is 1. The summed E-state index contributed by atoms with van der Waals surface area (Å²) in [6.45, 7) is 2.23. The van der Waals surface area contributed by atoms with Crippen molar-refractivity contribution in [2.45, 2.75) is 25.8 Å². The van der Waals surface area contributed by atoms with Crippen molar-refractivity contribution in [2.24, 2.45) is 11.7 Å². The number of primary amides is 1. The quantitative estimate of drug-likeness (QED) is 0.922. The molecule has 120 valence electrons. The van der Waals surface area contributed by atoms with Gasteiger partial charge in [0.25, 0.3) is 5.91 Å². The third-order valence-electron chi connectivity index (χ3n) is 4.22. The molecule has 1 fully saturated rings. The van der Waals surface area contributed by atoms with E-state index >= 15 is 0 Å². The van der Waals surface area contributed by atoms with Crippen molar-refractivity contribution in [3.05, 3.63) is 29.6 Å². The van der Waals surface area contributed by atoms with E-state index in [-0.39, 0.29) is 23.8 Å². The zero-order valence-corrected chi connectivity index (χ0v) is 13.2. The van der Waals surface area contributed by atoms with Crippen LogP contribution in [0, 0.1) is 11.7 Å².